The fourth-order valence-electron chi connectivity index (χ4n) is 5.55. The lowest BCUT2D eigenvalue weighted by Crippen LogP contribution is -2.47. The lowest BCUT2D eigenvalue weighted by molar-refractivity contribution is -0.134. The summed E-state index contributed by atoms with van der Waals surface area (Å²) in [6.45, 7) is 4.43. The summed E-state index contributed by atoms with van der Waals surface area (Å²) in [5.41, 5.74) is 3.82. The van der Waals surface area contributed by atoms with Gasteiger partial charge in [-0.05, 0) is 42.2 Å². The lowest BCUT2D eigenvalue weighted by Gasteiger charge is -2.38. The van der Waals surface area contributed by atoms with E-state index in [1.807, 2.05) is 49.1 Å². The first-order valence-electron chi connectivity index (χ1n) is 12.9. The van der Waals surface area contributed by atoms with Crippen molar-refractivity contribution in [3.05, 3.63) is 138 Å². The van der Waals surface area contributed by atoms with Gasteiger partial charge in [0, 0.05) is 12.2 Å². The van der Waals surface area contributed by atoms with E-state index in [2.05, 4.69) is 90.2 Å². The minimum Gasteiger partial charge on any atom is -0.368 e. The van der Waals surface area contributed by atoms with E-state index >= 15 is 0 Å². The van der Waals surface area contributed by atoms with Gasteiger partial charge in [0.15, 0.2) is 6.29 Å². The molecular weight excluding hydrogens is 472 g/mol. The van der Waals surface area contributed by atoms with Crippen molar-refractivity contribution < 1.29 is 14.3 Å². The van der Waals surface area contributed by atoms with Crippen LogP contribution in [0.2, 0.25) is 0 Å². The monoisotopic (exact) mass is 504 g/mol. The summed E-state index contributed by atoms with van der Waals surface area (Å²) in [4.78, 5) is 26.0. The second-order valence-electron chi connectivity index (χ2n) is 10.2. The molecule has 4 aromatic rings. The number of ether oxygens (including phenoxy) is 1. The van der Waals surface area contributed by atoms with Crippen LogP contribution in [0.3, 0.4) is 0 Å². The average Bonchev–Trinajstić information content (AvgIpc) is 3.27. The number of benzene rings is 4. The van der Waals surface area contributed by atoms with Crippen LogP contribution in [0.5, 0.6) is 0 Å². The van der Waals surface area contributed by atoms with Crippen LogP contribution >= 0.6 is 0 Å². The molecule has 0 radical (unpaired) electrons. The quantitative estimate of drug-likeness (QED) is 0.177. The molecule has 1 unspecified atom stereocenters. The number of hydrogen-bond acceptors (Lipinski definition) is 5. The third kappa shape index (κ3) is 4.78. The number of aldehydes is 1. The Bertz CT molecular complexity index is 1290. The van der Waals surface area contributed by atoms with Crippen LogP contribution < -0.4 is 5.32 Å². The molecule has 4 aromatic carbocycles. The summed E-state index contributed by atoms with van der Waals surface area (Å²) < 4.78 is 5.94. The topological polar surface area (TPSA) is 58.6 Å². The maximum absolute atomic E-state index is 12.6. The van der Waals surface area contributed by atoms with Gasteiger partial charge < -0.3 is 10.1 Å². The zero-order chi connectivity index (χ0) is 26.6. The van der Waals surface area contributed by atoms with Crippen LogP contribution in [0.25, 0.3) is 0 Å². The highest BCUT2D eigenvalue weighted by atomic mass is 16.5. The molecule has 0 saturated carbocycles. The lowest BCUT2D eigenvalue weighted by atomic mass is 9.76. The van der Waals surface area contributed by atoms with Gasteiger partial charge in [0.1, 0.15) is 18.3 Å². The molecule has 0 aliphatic carbocycles. The summed E-state index contributed by atoms with van der Waals surface area (Å²) in [6.07, 6.45) is 0.406. The van der Waals surface area contributed by atoms with Crippen LogP contribution in [0.1, 0.15) is 36.1 Å². The Morgan fingerprint density at radius 3 is 1.82 bits per heavy atom. The highest BCUT2D eigenvalue weighted by molar-refractivity contribution is 6.27. The Morgan fingerprint density at radius 2 is 1.32 bits per heavy atom. The zero-order valence-electron chi connectivity index (χ0n) is 21.7. The number of ketones is 1. The largest absolute Gasteiger partial charge is 0.368 e. The number of hydrogen-bond donors (Lipinski definition) is 1. The number of anilines is 1. The molecule has 1 fully saturated rings. The Morgan fingerprint density at radius 1 is 0.842 bits per heavy atom. The maximum Gasteiger partial charge on any atom is 0.215 e. The van der Waals surface area contributed by atoms with Crippen molar-refractivity contribution >= 4 is 17.8 Å². The predicted octanol–water partition coefficient (Wildman–Crippen LogP) is 5.80. The zero-order valence-corrected chi connectivity index (χ0v) is 21.7. The van der Waals surface area contributed by atoms with E-state index in [0.29, 0.717) is 12.8 Å². The molecule has 1 saturated heterocycles. The van der Waals surface area contributed by atoms with Crippen molar-refractivity contribution in [2.24, 2.45) is 0 Å². The van der Waals surface area contributed by atoms with Gasteiger partial charge in [-0.15, -0.1) is 0 Å². The van der Waals surface area contributed by atoms with Crippen LogP contribution in [0.4, 0.5) is 5.69 Å². The Hall–Kier alpha value is -4.06. The molecule has 5 nitrogen and oxygen atoms in total. The maximum atomic E-state index is 12.6. The number of rotatable bonds is 9. The number of nitrogens with one attached hydrogen (secondary N) is 1. The molecule has 1 aliphatic heterocycles. The summed E-state index contributed by atoms with van der Waals surface area (Å²) in [6, 6.07) is 38.8. The predicted molar refractivity (Wildman–Crippen MR) is 150 cm³/mol. The van der Waals surface area contributed by atoms with Gasteiger partial charge in [-0.3, -0.25) is 14.5 Å². The second kappa shape index (κ2) is 10.7. The molecule has 0 bridgehead atoms. The van der Waals surface area contributed by atoms with Crippen molar-refractivity contribution in [1.82, 2.24) is 4.90 Å². The Balaban J connectivity index is 1.63. The molecule has 5 heteroatoms. The molecule has 192 valence electrons. The number of para-hydroxylation sites is 1. The van der Waals surface area contributed by atoms with Crippen molar-refractivity contribution in [3.8, 4) is 0 Å². The van der Waals surface area contributed by atoms with Crippen molar-refractivity contribution in [2.45, 2.75) is 37.6 Å². The molecule has 0 spiro atoms. The number of nitrogens with zero attached hydrogens (tertiary/aromatic N) is 1. The minimum atomic E-state index is -0.748. The molecule has 1 aliphatic rings. The first-order chi connectivity index (χ1) is 18.5. The van der Waals surface area contributed by atoms with Crippen molar-refractivity contribution in [3.63, 3.8) is 0 Å². The van der Waals surface area contributed by atoms with Gasteiger partial charge in [0.05, 0.1) is 5.60 Å². The van der Waals surface area contributed by atoms with Crippen molar-refractivity contribution in [1.29, 1.82) is 0 Å². The summed E-state index contributed by atoms with van der Waals surface area (Å²) in [7, 11) is 0. The molecule has 1 atom stereocenters. The second-order valence-corrected chi connectivity index (χ2v) is 10.2. The third-order valence-electron chi connectivity index (χ3n) is 7.35. The third-order valence-corrected chi connectivity index (χ3v) is 7.35. The normalized spacial score (nSPS) is 17.2. The SMILES string of the molecule is CC1(C)OCN(Cc2ccccc2NC(c2ccccc2)(c2ccccc2)c2ccccc2)C1C(=O)C=O. The van der Waals surface area contributed by atoms with Gasteiger partial charge >= 0.3 is 0 Å². The van der Waals surface area contributed by atoms with E-state index in [1.54, 1.807) is 0 Å². The van der Waals surface area contributed by atoms with Gasteiger partial charge in [-0.2, -0.15) is 0 Å². The summed E-state index contributed by atoms with van der Waals surface area (Å²) in [5.74, 6) is -0.467. The Labute approximate surface area is 224 Å². The first kappa shape index (κ1) is 25.6. The van der Waals surface area contributed by atoms with E-state index in [9.17, 15) is 9.59 Å². The van der Waals surface area contributed by atoms with E-state index in [-0.39, 0.29) is 6.73 Å². The summed E-state index contributed by atoms with van der Waals surface area (Å²) >= 11 is 0. The fourth-order valence-corrected chi connectivity index (χ4v) is 5.55. The van der Waals surface area contributed by atoms with Crippen molar-refractivity contribution in [2.75, 3.05) is 12.0 Å². The Kier molecular flexibility index (Phi) is 7.23. The highest BCUT2D eigenvalue weighted by Crippen LogP contribution is 2.41. The van der Waals surface area contributed by atoms with Gasteiger partial charge in [-0.1, -0.05) is 109 Å². The van der Waals surface area contributed by atoms with E-state index in [4.69, 9.17) is 4.74 Å². The number of carbonyl (C=O) groups excluding carboxylic acids is 2. The van der Waals surface area contributed by atoms with Crippen LogP contribution in [-0.4, -0.2) is 35.3 Å². The molecular formula is C33H32N2O3. The minimum absolute atomic E-state index is 0.271. The van der Waals surface area contributed by atoms with Gasteiger partial charge in [0.25, 0.3) is 0 Å². The number of carbonyl (C=O) groups is 2. The van der Waals surface area contributed by atoms with Crippen LogP contribution in [-0.2, 0) is 26.4 Å². The van der Waals surface area contributed by atoms with Gasteiger partial charge in [0.2, 0.25) is 5.78 Å². The molecule has 1 heterocycles. The molecule has 1 N–H and O–H groups in total. The fraction of sp³-hybridized carbons (Fsp3) is 0.212. The van der Waals surface area contributed by atoms with Gasteiger partial charge in [-0.25, -0.2) is 0 Å². The van der Waals surface area contributed by atoms with E-state index in [0.717, 1.165) is 27.9 Å². The molecule has 38 heavy (non-hydrogen) atoms. The van der Waals surface area contributed by atoms with Crippen LogP contribution in [0, 0.1) is 0 Å². The average molecular weight is 505 g/mol. The van der Waals surface area contributed by atoms with E-state index < -0.39 is 23.0 Å². The smallest absolute Gasteiger partial charge is 0.215 e. The molecule has 5 rings (SSSR count). The summed E-state index contributed by atoms with van der Waals surface area (Å²) in [5, 5.41) is 3.94. The molecule has 0 amide bonds. The highest BCUT2D eigenvalue weighted by Gasteiger charge is 2.46. The molecule has 0 aromatic heterocycles. The first-order valence-corrected chi connectivity index (χ1v) is 12.9. The van der Waals surface area contributed by atoms with E-state index in [1.165, 1.54) is 0 Å². The van der Waals surface area contributed by atoms with Crippen LogP contribution in [0.15, 0.2) is 115 Å². The standard InChI is InChI=1S/C33H32N2O3/c1-32(2)31(30(37)23-36)35(24-38-32)22-25-14-12-13-21-29(25)34-33(26-15-6-3-7-16-26,27-17-8-4-9-18-27)28-19-10-5-11-20-28/h3-21,23,31,34H,22,24H2,1-2H3. The number of Topliss-reactive ketones (excluding diaryl/α,β-unsaturated/α-hetero) is 1.